The average molecular weight is 284 g/mol. The zero-order valence-corrected chi connectivity index (χ0v) is 11.1. The normalized spacial score (nSPS) is 13.3. The van der Waals surface area contributed by atoms with Crippen LogP contribution >= 0.6 is 27.3 Å². The third-order valence-corrected chi connectivity index (χ3v) is 4.93. The monoisotopic (exact) mass is 283 g/mol. The molecule has 2 N–H and O–H groups in total. The van der Waals surface area contributed by atoms with E-state index in [4.69, 9.17) is 5.73 Å². The minimum atomic E-state index is 0.273. The molecular formula is C12H14BrNS. The molecule has 0 saturated heterocycles. The molecule has 1 nitrogen and oxygen atoms in total. The van der Waals surface area contributed by atoms with Crippen molar-refractivity contribution in [3.05, 3.63) is 33.6 Å². The molecule has 1 heterocycles. The van der Waals surface area contributed by atoms with Crippen molar-refractivity contribution in [2.24, 2.45) is 5.73 Å². The highest BCUT2D eigenvalue weighted by Gasteiger charge is 2.11. The van der Waals surface area contributed by atoms with Gasteiger partial charge >= 0.3 is 0 Å². The molecule has 0 aliphatic rings. The lowest BCUT2D eigenvalue weighted by atomic mass is 10.1. The first-order valence-electron chi connectivity index (χ1n) is 5.14. The third kappa shape index (κ3) is 2.25. The standard InChI is InChI=1S/C12H14BrNS/c1-2-8(14)7-11-12(13)9-5-3-4-6-10(9)15-11/h3-6,8H,2,7,14H2,1H3. The topological polar surface area (TPSA) is 26.0 Å². The number of nitrogens with two attached hydrogens (primary N) is 1. The average Bonchev–Trinajstić information content (AvgIpc) is 2.57. The van der Waals surface area contributed by atoms with Crippen LogP contribution in [0.15, 0.2) is 28.7 Å². The lowest BCUT2D eigenvalue weighted by Crippen LogP contribution is -2.20. The van der Waals surface area contributed by atoms with Crippen LogP contribution in [0.25, 0.3) is 10.1 Å². The van der Waals surface area contributed by atoms with Crippen LogP contribution in [0.2, 0.25) is 0 Å². The van der Waals surface area contributed by atoms with Crippen LogP contribution in [-0.4, -0.2) is 6.04 Å². The molecule has 0 spiro atoms. The van der Waals surface area contributed by atoms with Crippen molar-refractivity contribution in [1.82, 2.24) is 0 Å². The molecule has 2 rings (SSSR count). The number of hydrogen-bond acceptors (Lipinski definition) is 2. The van der Waals surface area contributed by atoms with Crippen molar-refractivity contribution in [3.8, 4) is 0 Å². The van der Waals surface area contributed by atoms with E-state index in [1.807, 2.05) is 11.3 Å². The first kappa shape index (κ1) is 11.1. The molecule has 15 heavy (non-hydrogen) atoms. The number of benzene rings is 1. The van der Waals surface area contributed by atoms with Gasteiger partial charge in [-0.05, 0) is 34.8 Å². The third-order valence-electron chi connectivity index (χ3n) is 2.57. The van der Waals surface area contributed by atoms with E-state index in [9.17, 15) is 0 Å². The van der Waals surface area contributed by atoms with Crippen molar-refractivity contribution in [3.63, 3.8) is 0 Å². The number of halogens is 1. The molecule has 0 bridgehead atoms. The number of rotatable bonds is 3. The molecule has 0 amide bonds. The second-order valence-corrected chi connectivity index (χ2v) is 5.64. The minimum Gasteiger partial charge on any atom is -0.327 e. The molecule has 1 aromatic heterocycles. The lowest BCUT2D eigenvalue weighted by Gasteiger charge is -2.06. The molecule has 1 atom stereocenters. The van der Waals surface area contributed by atoms with E-state index in [1.54, 1.807) is 0 Å². The Bertz CT molecular complexity index is 464. The summed E-state index contributed by atoms with van der Waals surface area (Å²) >= 11 is 5.51. The van der Waals surface area contributed by atoms with E-state index in [1.165, 1.54) is 19.4 Å². The van der Waals surface area contributed by atoms with Crippen molar-refractivity contribution >= 4 is 37.4 Å². The maximum absolute atomic E-state index is 5.98. The molecule has 0 fully saturated rings. The van der Waals surface area contributed by atoms with Crippen LogP contribution in [-0.2, 0) is 6.42 Å². The fraction of sp³-hybridized carbons (Fsp3) is 0.333. The van der Waals surface area contributed by atoms with Gasteiger partial charge < -0.3 is 5.73 Å². The van der Waals surface area contributed by atoms with E-state index in [0.717, 1.165) is 12.8 Å². The minimum absolute atomic E-state index is 0.273. The smallest absolute Gasteiger partial charge is 0.0393 e. The van der Waals surface area contributed by atoms with Crippen molar-refractivity contribution in [1.29, 1.82) is 0 Å². The number of fused-ring (bicyclic) bond motifs is 1. The van der Waals surface area contributed by atoms with Gasteiger partial charge in [-0.2, -0.15) is 0 Å². The number of thiophene rings is 1. The summed E-state index contributed by atoms with van der Waals surface area (Å²) in [5.74, 6) is 0. The predicted molar refractivity (Wildman–Crippen MR) is 71.5 cm³/mol. The number of hydrogen-bond donors (Lipinski definition) is 1. The Balaban J connectivity index is 2.40. The van der Waals surface area contributed by atoms with Crippen LogP contribution < -0.4 is 5.73 Å². The van der Waals surface area contributed by atoms with Gasteiger partial charge in [-0.15, -0.1) is 11.3 Å². The zero-order valence-electron chi connectivity index (χ0n) is 8.66. The second kappa shape index (κ2) is 4.64. The Kier molecular flexibility index (Phi) is 3.44. The van der Waals surface area contributed by atoms with Gasteiger partial charge in [0, 0.05) is 25.5 Å². The molecule has 3 heteroatoms. The summed E-state index contributed by atoms with van der Waals surface area (Å²) in [6, 6.07) is 8.73. The van der Waals surface area contributed by atoms with Gasteiger partial charge in [0.05, 0.1) is 0 Å². The highest BCUT2D eigenvalue weighted by molar-refractivity contribution is 9.10. The maximum Gasteiger partial charge on any atom is 0.0393 e. The van der Waals surface area contributed by atoms with E-state index in [-0.39, 0.29) is 6.04 Å². The molecule has 0 aliphatic carbocycles. The van der Waals surface area contributed by atoms with Crippen LogP contribution in [0.5, 0.6) is 0 Å². The van der Waals surface area contributed by atoms with Crippen LogP contribution in [0, 0.1) is 0 Å². The van der Waals surface area contributed by atoms with Crippen LogP contribution in [0.3, 0.4) is 0 Å². The highest BCUT2D eigenvalue weighted by Crippen LogP contribution is 2.36. The second-order valence-electron chi connectivity index (χ2n) is 3.71. The van der Waals surface area contributed by atoms with E-state index >= 15 is 0 Å². The van der Waals surface area contributed by atoms with Gasteiger partial charge in [0.2, 0.25) is 0 Å². The molecular weight excluding hydrogens is 270 g/mol. The van der Waals surface area contributed by atoms with Crippen LogP contribution in [0.1, 0.15) is 18.2 Å². The summed E-state index contributed by atoms with van der Waals surface area (Å²) in [6.07, 6.45) is 2.00. The van der Waals surface area contributed by atoms with E-state index in [0.29, 0.717) is 0 Å². The Morgan fingerprint density at radius 1 is 1.40 bits per heavy atom. The van der Waals surface area contributed by atoms with E-state index < -0.39 is 0 Å². The fourth-order valence-electron chi connectivity index (χ4n) is 1.58. The van der Waals surface area contributed by atoms with Gasteiger partial charge in [0.25, 0.3) is 0 Å². The summed E-state index contributed by atoms with van der Waals surface area (Å²) in [5.41, 5.74) is 5.98. The lowest BCUT2D eigenvalue weighted by molar-refractivity contribution is 0.651. The van der Waals surface area contributed by atoms with Gasteiger partial charge in [0.15, 0.2) is 0 Å². The van der Waals surface area contributed by atoms with Crippen molar-refractivity contribution in [2.45, 2.75) is 25.8 Å². The van der Waals surface area contributed by atoms with E-state index in [2.05, 4.69) is 47.1 Å². The van der Waals surface area contributed by atoms with Gasteiger partial charge in [-0.25, -0.2) is 0 Å². The Morgan fingerprint density at radius 2 is 2.13 bits per heavy atom. The molecule has 0 radical (unpaired) electrons. The summed E-state index contributed by atoms with van der Waals surface area (Å²) in [4.78, 5) is 1.37. The molecule has 1 unspecified atom stereocenters. The predicted octanol–water partition coefficient (Wildman–Crippen LogP) is 3.94. The fourth-order valence-corrected chi connectivity index (χ4v) is 3.65. The Hall–Kier alpha value is -0.380. The zero-order chi connectivity index (χ0) is 10.8. The maximum atomic E-state index is 5.98. The molecule has 80 valence electrons. The molecule has 2 aromatic rings. The van der Waals surface area contributed by atoms with Crippen LogP contribution in [0.4, 0.5) is 0 Å². The Labute approximate surface area is 102 Å². The summed E-state index contributed by atoms with van der Waals surface area (Å²) in [6.45, 7) is 2.13. The van der Waals surface area contributed by atoms with Crippen molar-refractivity contribution in [2.75, 3.05) is 0 Å². The summed E-state index contributed by atoms with van der Waals surface area (Å²) in [7, 11) is 0. The summed E-state index contributed by atoms with van der Waals surface area (Å²) < 4.78 is 2.56. The quantitative estimate of drug-likeness (QED) is 0.907. The highest BCUT2D eigenvalue weighted by atomic mass is 79.9. The molecule has 1 aromatic carbocycles. The van der Waals surface area contributed by atoms with Gasteiger partial charge in [0.1, 0.15) is 0 Å². The Morgan fingerprint density at radius 3 is 2.80 bits per heavy atom. The summed E-state index contributed by atoms with van der Waals surface area (Å²) in [5, 5.41) is 1.31. The first-order chi connectivity index (χ1) is 7.22. The van der Waals surface area contributed by atoms with Crippen molar-refractivity contribution < 1.29 is 0 Å². The van der Waals surface area contributed by atoms with Gasteiger partial charge in [-0.1, -0.05) is 25.1 Å². The van der Waals surface area contributed by atoms with Gasteiger partial charge in [-0.3, -0.25) is 0 Å². The SMILES string of the molecule is CCC(N)Cc1sc2ccccc2c1Br. The first-order valence-corrected chi connectivity index (χ1v) is 6.74. The largest absolute Gasteiger partial charge is 0.327 e. The molecule has 0 aliphatic heterocycles. The molecule has 0 saturated carbocycles.